The fourth-order valence-electron chi connectivity index (χ4n) is 2.82. The molecular weight excluding hydrogens is 348 g/mol. The molecule has 0 aliphatic rings. The van der Waals surface area contributed by atoms with Crippen LogP contribution in [-0.4, -0.2) is 27.1 Å². The van der Waals surface area contributed by atoms with Gasteiger partial charge in [-0.1, -0.05) is 47.5 Å². The molecule has 0 fully saturated rings. The zero-order valence-electron chi connectivity index (χ0n) is 15.9. The summed E-state index contributed by atoms with van der Waals surface area (Å²) in [6.07, 6.45) is 1.11. The summed E-state index contributed by atoms with van der Waals surface area (Å²) in [5.41, 5.74) is 4.50. The number of aryl methyl sites for hydroxylation is 3. The highest BCUT2D eigenvalue weighted by atomic mass is 32.2. The molecule has 2 aromatic carbocycles. The molecule has 0 aliphatic heterocycles. The number of carbonyl (C=O) groups excluding carboxylic acids is 1. The first-order valence-corrected chi connectivity index (χ1v) is 10.3. The Bertz CT molecular complexity index is 890. The number of nitrogens with zero attached hydrogens (tertiary/aromatic N) is 1. The zero-order valence-corrected chi connectivity index (χ0v) is 16.7. The van der Waals surface area contributed by atoms with E-state index in [0.29, 0.717) is 5.69 Å². The summed E-state index contributed by atoms with van der Waals surface area (Å²) in [4.78, 5) is 12.5. The van der Waals surface area contributed by atoms with Crippen molar-refractivity contribution >= 4 is 21.6 Å². The maximum Gasteiger partial charge on any atom is 0.241 e. The van der Waals surface area contributed by atoms with E-state index in [1.807, 2.05) is 64.1 Å². The summed E-state index contributed by atoms with van der Waals surface area (Å²) in [5, 5.41) is 2.87. The van der Waals surface area contributed by atoms with Crippen LogP contribution in [0.15, 0.2) is 42.5 Å². The summed E-state index contributed by atoms with van der Waals surface area (Å²) in [6, 6.07) is 13.2. The third-order valence-electron chi connectivity index (χ3n) is 4.26. The smallest absolute Gasteiger partial charge is 0.241 e. The van der Waals surface area contributed by atoms with Crippen molar-refractivity contribution in [2.24, 2.45) is 0 Å². The fraction of sp³-hybridized carbons (Fsp3) is 0.350. The molecule has 1 amide bonds. The van der Waals surface area contributed by atoms with Crippen molar-refractivity contribution in [2.45, 2.75) is 33.7 Å². The molecule has 0 bridgehead atoms. The molecule has 1 atom stereocenters. The number of anilines is 1. The van der Waals surface area contributed by atoms with E-state index in [9.17, 15) is 13.2 Å². The molecule has 6 heteroatoms. The van der Waals surface area contributed by atoms with Gasteiger partial charge in [-0.15, -0.1) is 0 Å². The molecule has 0 aliphatic carbocycles. The monoisotopic (exact) mass is 374 g/mol. The quantitative estimate of drug-likeness (QED) is 0.844. The van der Waals surface area contributed by atoms with Gasteiger partial charge in [-0.2, -0.15) is 0 Å². The molecular formula is C20H26N2O3S. The first-order valence-electron chi connectivity index (χ1n) is 8.49. The summed E-state index contributed by atoms with van der Waals surface area (Å²) in [5.74, 6) is -0.344. The Labute approximate surface area is 156 Å². The number of amides is 1. The van der Waals surface area contributed by atoms with Crippen LogP contribution in [0.4, 0.5) is 5.69 Å². The Morgan fingerprint density at radius 3 is 2.15 bits per heavy atom. The molecule has 0 heterocycles. The zero-order chi connectivity index (χ0) is 19.5. The van der Waals surface area contributed by atoms with E-state index in [1.165, 1.54) is 0 Å². The van der Waals surface area contributed by atoms with Gasteiger partial charge in [0.25, 0.3) is 0 Å². The minimum absolute atomic E-state index is 0.205. The third kappa shape index (κ3) is 5.08. The fourth-order valence-corrected chi connectivity index (χ4v) is 3.74. The van der Waals surface area contributed by atoms with E-state index in [4.69, 9.17) is 0 Å². The first kappa shape index (κ1) is 20.0. The Hall–Kier alpha value is -2.34. The Morgan fingerprint density at radius 1 is 1.04 bits per heavy atom. The lowest BCUT2D eigenvalue weighted by Gasteiger charge is -2.25. The van der Waals surface area contributed by atoms with Crippen molar-refractivity contribution < 1.29 is 13.2 Å². The Morgan fingerprint density at radius 2 is 1.62 bits per heavy atom. The Balaban J connectivity index is 2.18. The number of nitrogens with one attached hydrogen (secondary N) is 1. The second-order valence-electron chi connectivity index (χ2n) is 6.76. The van der Waals surface area contributed by atoms with E-state index in [0.717, 1.165) is 32.8 Å². The molecule has 0 spiro atoms. The van der Waals surface area contributed by atoms with Crippen molar-refractivity contribution in [3.8, 4) is 0 Å². The van der Waals surface area contributed by atoms with E-state index in [-0.39, 0.29) is 18.5 Å². The standard InChI is InChI=1S/C20H26N2O3S/c1-14-6-9-18(10-7-14)17(4)21-20(23)13-22(26(5,24)25)19-11-8-15(2)12-16(19)3/h6-12,17H,13H2,1-5H3,(H,21,23). The average molecular weight is 375 g/mol. The van der Waals surface area contributed by atoms with Crippen LogP contribution in [0.2, 0.25) is 0 Å². The highest BCUT2D eigenvalue weighted by Crippen LogP contribution is 2.23. The topological polar surface area (TPSA) is 66.5 Å². The van der Waals surface area contributed by atoms with Crippen LogP contribution in [0.5, 0.6) is 0 Å². The molecule has 0 aromatic heterocycles. The largest absolute Gasteiger partial charge is 0.348 e. The maximum atomic E-state index is 12.5. The number of sulfonamides is 1. The molecule has 5 nitrogen and oxygen atoms in total. The highest BCUT2D eigenvalue weighted by molar-refractivity contribution is 7.92. The number of carbonyl (C=O) groups is 1. The number of hydrogen-bond donors (Lipinski definition) is 1. The van der Waals surface area contributed by atoms with Crippen LogP contribution in [-0.2, 0) is 14.8 Å². The van der Waals surface area contributed by atoms with E-state index in [1.54, 1.807) is 6.07 Å². The van der Waals surface area contributed by atoms with Gasteiger partial charge in [-0.3, -0.25) is 9.10 Å². The van der Waals surface area contributed by atoms with Gasteiger partial charge in [0.05, 0.1) is 18.0 Å². The summed E-state index contributed by atoms with van der Waals surface area (Å²) in [6.45, 7) is 7.41. The lowest BCUT2D eigenvalue weighted by molar-refractivity contribution is -0.120. The van der Waals surface area contributed by atoms with Crippen molar-refractivity contribution in [3.05, 3.63) is 64.7 Å². The Kier molecular flexibility index (Phi) is 6.08. The number of benzene rings is 2. The van der Waals surface area contributed by atoms with Crippen LogP contribution >= 0.6 is 0 Å². The van der Waals surface area contributed by atoms with Gasteiger partial charge in [-0.05, 0) is 44.9 Å². The summed E-state index contributed by atoms with van der Waals surface area (Å²) in [7, 11) is -3.58. The predicted molar refractivity (Wildman–Crippen MR) is 106 cm³/mol. The number of rotatable bonds is 6. The van der Waals surface area contributed by atoms with Gasteiger partial charge in [-0.25, -0.2) is 8.42 Å². The van der Waals surface area contributed by atoms with Crippen molar-refractivity contribution in [1.82, 2.24) is 5.32 Å². The van der Waals surface area contributed by atoms with E-state index in [2.05, 4.69) is 5.32 Å². The van der Waals surface area contributed by atoms with Gasteiger partial charge in [0.15, 0.2) is 0 Å². The lowest BCUT2D eigenvalue weighted by Crippen LogP contribution is -2.41. The first-order chi connectivity index (χ1) is 12.1. The van der Waals surface area contributed by atoms with Gasteiger partial charge >= 0.3 is 0 Å². The number of hydrogen-bond acceptors (Lipinski definition) is 3. The van der Waals surface area contributed by atoms with Crippen molar-refractivity contribution in [1.29, 1.82) is 0 Å². The van der Waals surface area contributed by atoms with E-state index >= 15 is 0 Å². The van der Waals surface area contributed by atoms with E-state index < -0.39 is 10.0 Å². The van der Waals surface area contributed by atoms with Gasteiger partial charge < -0.3 is 5.32 Å². The molecule has 0 saturated carbocycles. The summed E-state index contributed by atoms with van der Waals surface area (Å²) >= 11 is 0. The average Bonchev–Trinajstić information content (AvgIpc) is 2.53. The third-order valence-corrected chi connectivity index (χ3v) is 5.39. The van der Waals surface area contributed by atoms with Crippen LogP contribution in [0.25, 0.3) is 0 Å². The van der Waals surface area contributed by atoms with Crippen molar-refractivity contribution in [2.75, 3.05) is 17.1 Å². The SMILES string of the molecule is Cc1ccc(C(C)NC(=O)CN(c2ccc(C)cc2C)S(C)(=O)=O)cc1. The van der Waals surface area contributed by atoms with Crippen LogP contribution in [0.1, 0.15) is 35.2 Å². The van der Waals surface area contributed by atoms with Crippen LogP contribution < -0.4 is 9.62 Å². The molecule has 1 N–H and O–H groups in total. The lowest BCUT2D eigenvalue weighted by atomic mass is 10.1. The minimum atomic E-state index is -3.58. The second-order valence-corrected chi connectivity index (χ2v) is 8.67. The normalized spacial score (nSPS) is 12.5. The molecule has 0 saturated heterocycles. The summed E-state index contributed by atoms with van der Waals surface area (Å²) < 4.78 is 25.6. The molecule has 2 rings (SSSR count). The predicted octanol–water partition coefficient (Wildman–Crippen LogP) is 3.26. The van der Waals surface area contributed by atoms with Crippen LogP contribution in [0.3, 0.4) is 0 Å². The molecule has 140 valence electrons. The van der Waals surface area contributed by atoms with Gasteiger partial charge in [0.1, 0.15) is 6.54 Å². The van der Waals surface area contributed by atoms with Crippen molar-refractivity contribution in [3.63, 3.8) is 0 Å². The maximum absolute atomic E-state index is 12.5. The molecule has 1 unspecified atom stereocenters. The molecule has 0 radical (unpaired) electrons. The van der Waals surface area contributed by atoms with Crippen LogP contribution in [0, 0.1) is 20.8 Å². The van der Waals surface area contributed by atoms with Gasteiger partial charge in [0.2, 0.25) is 15.9 Å². The minimum Gasteiger partial charge on any atom is -0.348 e. The van der Waals surface area contributed by atoms with Gasteiger partial charge in [0, 0.05) is 0 Å². The second kappa shape index (κ2) is 7.91. The molecule has 2 aromatic rings. The molecule has 26 heavy (non-hydrogen) atoms. The highest BCUT2D eigenvalue weighted by Gasteiger charge is 2.23.